The lowest BCUT2D eigenvalue weighted by Gasteiger charge is -2.11. The highest BCUT2D eigenvalue weighted by Gasteiger charge is 2.27. The van der Waals surface area contributed by atoms with Gasteiger partial charge in [-0.25, -0.2) is 4.79 Å². The van der Waals surface area contributed by atoms with Crippen molar-refractivity contribution >= 4 is 11.7 Å². The zero-order valence-electron chi connectivity index (χ0n) is 9.82. The van der Waals surface area contributed by atoms with Gasteiger partial charge < -0.3 is 10.1 Å². The monoisotopic (exact) mass is 229 g/mol. The van der Waals surface area contributed by atoms with E-state index in [1.54, 1.807) is 6.07 Å². The van der Waals surface area contributed by atoms with Crippen molar-refractivity contribution in [2.75, 3.05) is 19.0 Å². The Morgan fingerprint density at radius 2 is 2.35 bits per heavy atom. The van der Waals surface area contributed by atoms with Crippen LogP contribution in [0.15, 0.2) is 18.2 Å². The molecule has 0 atom stereocenters. The van der Waals surface area contributed by atoms with Crippen molar-refractivity contribution in [2.45, 2.75) is 18.8 Å². The van der Waals surface area contributed by atoms with Crippen molar-refractivity contribution in [1.82, 2.24) is 0 Å². The molecule has 0 saturated heterocycles. The van der Waals surface area contributed by atoms with Gasteiger partial charge in [0.05, 0.1) is 19.2 Å². The fourth-order valence-electron chi connectivity index (χ4n) is 1.85. The van der Waals surface area contributed by atoms with E-state index in [0.717, 1.165) is 5.69 Å². The molecule has 0 radical (unpaired) electrons. The molecule has 0 unspecified atom stereocenters. The predicted octanol–water partition coefficient (Wildman–Crippen LogP) is 2.40. The Morgan fingerprint density at radius 3 is 2.94 bits per heavy atom. The minimum absolute atomic E-state index is 0.296. The lowest BCUT2D eigenvalue weighted by Crippen LogP contribution is -2.05. The largest absolute Gasteiger partial charge is 0.465 e. The van der Waals surface area contributed by atoms with Crippen LogP contribution in [0, 0.1) is 12.3 Å². The molecule has 2 rings (SSSR count). The Labute approximate surface area is 101 Å². The number of terminal acetylenes is 1. The molecule has 1 fully saturated rings. The Kier molecular flexibility index (Phi) is 3.34. The summed E-state index contributed by atoms with van der Waals surface area (Å²) in [6.45, 7) is 0.497. The predicted molar refractivity (Wildman–Crippen MR) is 67.1 cm³/mol. The molecule has 0 aliphatic heterocycles. The molecule has 1 aliphatic rings. The number of anilines is 1. The van der Waals surface area contributed by atoms with Gasteiger partial charge in [0.1, 0.15) is 0 Å². The minimum Gasteiger partial charge on any atom is -0.465 e. The van der Waals surface area contributed by atoms with Gasteiger partial charge >= 0.3 is 5.97 Å². The Morgan fingerprint density at radius 1 is 1.59 bits per heavy atom. The van der Waals surface area contributed by atoms with Gasteiger partial charge in [0.15, 0.2) is 0 Å². The molecule has 3 nitrogen and oxygen atoms in total. The number of nitrogens with one attached hydrogen (secondary N) is 1. The van der Waals surface area contributed by atoms with Crippen molar-refractivity contribution in [3.05, 3.63) is 29.3 Å². The van der Waals surface area contributed by atoms with Crippen molar-refractivity contribution in [2.24, 2.45) is 0 Å². The van der Waals surface area contributed by atoms with E-state index in [2.05, 4.69) is 11.2 Å². The Balaban J connectivity index is 2.28. The van der Waals surface area contributed by atoms with Gasteiger partial charge in [-0.05, 0) is 42.5 Å². The molecule has 0 aromatic heterocycles. The highest BCUT2D eigenvalue weighted by Crippen LogP contribution is 2.43. The standard InChI is InChI=1S/C14H15NO2/c1-3-8-15-13-7-6-11(14(16)17-2)9-12(13)10-4-5-10/h1,6-7,9-10,15H,4-5,8H2,2H3. The van der Waals surface area contributed by atoms with Crippen molar-refractivity contribution in [3.8, 4) is 12.3 Å². The van der Waals surface area contributed by atoms with Gasteiger partial charge in [0, 0.05) is 5.69 Å². The summed E-state index contributed by atoms with van der Waals surface area (Å²) >= 11 is 0. The molecule has 0 heterocycles. The molecule has 1 saturated carbocycles. The maximum atomic E-state index is 11.5. The smallest absolute Gasteiger partial charge is 0.337 e. The van der Waals surface area contributed by atoms with Crippen molar-refractivity contribution < 1.29 is 9.53 Å². The average Bonchev–Trinajstić information content (AvgIpc) is 3.19. The number of ether oxygens (including phenoxy) is 1. The van der Waals surface area contributed by atoms with Gasteiger partial charge in [-0.3, -0.25) is 0 Å². The third-order valence-electron chi connectivity index (χ3n) is 2.87. The van der Waals surface area contributed by atoms with Crippen LogP contribution in [0.5, 0.6) is 0 Å². The topological polar surface area (TPSA) is 38.3 Å². The summed E-state index contributed by atoms with van der Waals surface area (Å²) in [6, 6.07) is 5.57. The van der Waals surface area contributed by atoms with E-state index >= 15 is 0 Å². The molecular formula is C14H15NO2. The molecule has 1 aromatic rings. The van der Waals surface area contributed by atoms with Crippen molar-refractivity contribution in [3.63, 3.8) is 0 Å². The number of carbonyl (C=O) groups is 1. The maximum Gasteiger partial charge on any atom is 0.337 e. The summed E-state index contributed by atoms with van der Waals surface area (Å²) in [5.41, 5.74) is 2.79. The van der Waals surface area contributed by atoms with Crippen molar-refractivity contribution in [1.29, 1.82) is 0 Å². The fourth-order valence-corrected chi connectivity index (χ4v) is 1.85. The highest BCUT2D eigenvalue weighted by molar-refractivity contribution is 5.90. The first-order chi connectivity index (χ1) is 8.26. The molecule has 1 aromatic carbocycles. The number of methoxy groups -OCH3 is 1. The van der Waals surface area contributed by atoms with Crippen LogP contribution in [0.3, 0.4) is 0 Å². The van der Waals surface area contributed by atoms with Crippen LogP contribution >= 0.6 is 0 Å². The van der Waals surface area contributed by atoms with E-state index in [1.165, 1.54) is 25.5 Å². The van der Waals surface area contributed by atoms with Gasteiger partial charge in [0.25, 0.3) is 0 Å². The van der Waals surface area contributed by atoms with Gasteiger partial charge in [-0.1, -0.05) is 5.92 Å². The van der Waals surface area contributed by atoms with E-state index in [4.69, 9.17) is 11.2 Å². The van der Waals surface area contributed by atoms with Gasteiger partial charge in [0.2, 0.25) is 0 Å². The van der Waals surface area contributed by atoms with Crippen LogP contribution in [-0.4, -0.2) is 19.6 Å². The summed E-state index contributed by atoms with van der Waals surface area (Å²) in [5.74, 6) is 2.81. The summed E-state index contributed by atoms with van der Waals surface area (Å²) in [7, 11) is 1.39. The zero-order valence-corrected chi connectivity index (χ0v) is 9.82. The molecule has 0 amide bonds. The van der Waals surface area contributed by atoms with E-state index in [9.17, 15) is 4.79 Å². The SMILES string of the molecule is C#CCNc1ccc(C(=O)OC)cc1C1CC1. The molecule has 0 bridgehead atoms. The van der Waals surface area contributed by atoms with E-state index in [0.29, 0.717) is 18.0 Å². The molecule has 88 valence electrons. The van der Waals surface area contributed by atoms with E-state index in [-0.39, 0.29) is 5.97 Å². The number of benzene rings is 1. The first-order valence-electron chi connectivity index (χ1n) is 5.66. The van der Waals surface area contributed by atoms with Crippen LogP contribution in [0.1, 0.15) is 34.7 Å². The van der Waals surface area contributed by atoms with E-state index in [1.807, 2.05) is 12.1 Å². The minimum atomic E-state index is -0.296. The highest BCUT2D eigenvalue weighted by atomic mass is 16.5. The first-order valence-corrected chi connectivity index (χ1v) is 5.66. The Hall–Kier alpha value is -1.95. The van der Waals surface area contributed by atoms with Gasteiger partial charge in [-0.2, -0.15) is 0 Å². The fraction of sp³-hybridized carbons (Fsp3) is 0.357. The van der Waals surface area contributed by atoms with E-state index < -0.39 is 0 Å². The third-order valence-corrected chi connectivity index (χ3v) is 2.87. The quantitative estimate of drug-likeness (QED) is 0.636. The lowest BCUT2D eigenvalue weighted by atomic mass is 10.0. The zero-order chi connectivity index (χ0) is 12.3. The van der Waals surface area contributed by atoms with Crippen LogP contribution < -0.4 is 5.32 Å². The van der Waals surface area contributed by atoms with Crippen LogP contribution in [0.2, 0.25) is 0 Å². The second-order valence-electron chi connectivity index (χ2n) is 4.13. The molecular weight excluding hydrogens is 214 g/mol. The summed E-state index contributed by atoms with van der Waals surface area (Å²) in [4.78, 5) is 11.5. The maximum absolute atomic E-state index is 11.5. The third kappa shape index (κ3) is 2.59. The van der Waals surface area contributed by atoms with Gasteiger partial charge in [-0.15, -0.1) is 6.42 Å². The molecule has 17 heavy (non-hydrogen) atoms. The molecule has 1 N–H and O–H groups in total. The Bertz CT molecular complexity index is 470. The number of hydrogen-bond donors (Lipinski definition) is 1. The number of esters is 1. The second kappa shape index (κ2) is 4.92. The van der Waals surface area contributed by atoms with Crippen LogP contribution in [-0.2, 0) is 4.74 Å². The van der Waals surface area contributed by atoms with Crippen LogP contribution in [0.4, 0.5) is 5.69 Å². The normalized spacial score (nSPS) is 13.9. The average molecular weight is 229 g/mol. The lowest BCUT2D eigenvalue weighted by molar-refractivity contribution is 0.0600. The summed E-state index contributed by atoms with van der Waals surface area (Å²) < 4.78 is 4.72. The summed E-state index contributed by atoms with van der Waals surface area (Å²) in [5, 5.41) is 3.18. The molecule has 0 spiro atoms. The number of hydrogen-bond acceptors (Lipinski definition) is 3. The van der Waals surface area contributed by atoms with Crippen LogP contribution in [0.25, 0.3) is 0 Å². The first kappa shape index (κ1) is 11.5. The summed E-state index contributed by atoms with van der Waals surface area (Å²) in [6.07, 6.45) is 7.58. The number of carbonyl (C=O) groups excluding carboxylic acids is 1. The molecule has 3 heteroatoms. The molecule has 1 aliphatic carbocycles. The second-order valence-corrected chi connectivity index (χ2v) is 4.13. The number of rotatable bonds is 4.